The molecule has 7 nitrogen and oxygen atoms in total. The number of carbonyl (C=O) groups is 1. The Morgan fingerprint density at radius 2 is 1.94 bits per heavy atom. The number of phenols is 1. The zero-order chi connectivity index (χ0) is 22.6. The lowest BCUT2D eigenvalue weighted by atomic mass is 10.0. The summed E-state index contributed by atoms with van der Waals surface area (Å²) in [6.45, 7) is 4.13. The summed E-state index contributed by atoms with van der Waals surface area (Å²) < 4.78 is 25.7. The van der Waals surface area contributed by atoms with Crippen LogP contribution in [0.15, 0.2) is 48.4 Å². The van der Waals surface area contributed by atoms with Crippen molar-refractivity contribution >= 4 is 44.8 Å². The van der Waals surface area contributed by atoms with Crippen molar-refractivity contribution in [3.63, 3.8) is 0 Å². The number of halogens is 2. The van der Waals surface area contributed by atoms with E-state index in [1.165, 1.54) is 6.07 Å². The highest BCUT2D eigenvalue weighted by molar-refractivity contribution is 7.92. The fraction of sp³-hybridized carbons (Fsp3) is 0.286. The van der Waals surface area contributed by atoms with Crippen molar-refractivity contribution in [2.45, 2.75) is 18.9 Å². The zero-order valence-electron chi connectivity index (χ0n) is 16.6. The summed E-state index contributed by atoms with van der Waals surface area (Å²) in [5.74, 6) is -0.218. The first-order valence-corrected chi connectivity index (χ1v) is 11.9. The molecule has 0 saturated carbocycles. The molecule has 2 aromatic rings. The number of aromatic hydroxyl groups is 1. The van der Waals surface area contributed by atoms with E-state index in [1.54, 1.807) is 29.2 Å². The molecule has 2 aromatic carbocycles. The second-order valence-electron chi connectivity index (χ2n) is 7.20. The van der Waals surface area contributed by atoms with Crippen molar-refractivity contribution < 1.29 is 18.3 Å². The highest BCUT2D eigenvalue weighted by Crippen LogP contribution is 2.37. The van der Waals surface area contributed by atoms with E-state index in [0.29, 0.717) is 47.2 Å². The second kappa shape index (κ2) is 9.91. The van der Waals surface area contributed by atoms with Crippen LogP contribution in [0.25, 0.3) is 11.1 Å². The quantitative estimate of drug-likeness (QED) is 0.519. The smallest absolute Gasteiger partial charge is 0.241 e. The third-order valence-electron chi connectivity index (χ3n) is 5.05. The largest absolute Gasteiger partial charge is 0.506 e. The molecule has 1 fully saturated rings. The third kappa shape index (κ3) is 6.13. The fourth-order valence-electron chi connectivity index (χ4n) is 3.39. The Morgan fingerprint density at radius 3 is 2.58 bits per heavy atom. The number of hydrogen-bond donors (Lipinski definition) is 3. The van der Waals surface area contributed by atoms with E-state index in [0.717, 1.165) is 11.0 Å². The molecule has 3 N–H and O–H groups in total. The number of likely N-dealkylation sites (tertiary alicyclic amines) is 1. The van der Waals surface area contributed by atoms with Gasteiger partial charge in [0.15, 0.2) is 0 Å². The van der Waals surface area contributed by atoms with Gasteiger partial charge in [-0.05, 0) is 36.6 Å². The summed E-state index contributed by atoms with van der Waals surface area (Å²) in [5, 5.41) is 15.0. The lowest BCUT2D eigenvalue weighted by Gasteiger charge is -2.32. The van der Waals surface area contributed by atoms with Crippen LogP contribution in [0, 0.1) is 0 Å². The standard InChI is InChI=1S/C21H23Cl2N3O4S/c1-2-31(29,30)25-16-6-8-26(9-7-16)21(28)13-24-19-11-17(18(23)12-20(19)27)14-4-3-5-15(22)10-14/h2-5,10-12,16,24-25,27H,1,6-9,13H2. The number of anilines is 1. The molecular weight excluding hydrogens is 461 g/mol. The molecule has 31 heavy (non-hydrogen) atoms. The summed E-state index contributed by atoms with van der Waals surface area (Å²) >= 11 is 12.3. The van der Waals surface area contributed by atoms with Gasteiger partial charge in [0.05, 0.1) is 17.3 Å². The van der Waals surface area contributed by atoms with Gasteiger partial charge in [0.1, 0.15) is 5.75 Å². The van der Waals surface area contributed by atoms with Crippen molar-refractivity contribution in [2.75, 3.05) is 25.0 Å². The number of nitrogens with zero attached hydrogens (tertiary/aromatic N) is 1. The summed E-state index contributed by atoms with van der Waals surface area (Å²) in [6.07, 6.45) is 1.04. The maximum atomic E-state index is 12.6. The minimum absolute atomic E-state index is 0.0206. The van der Waals surface area contributed by atoms with Crippen molar-refractivity contribution in [3.8, 4) is 16.9 Å². The molecule has 1 saturated heterocycles. The lowest BCUT2D eigenvalue weighted by Crippen LogP contribution is -2.47. The van der Waals surface area contributed by atoms with Crippen LogP contribution in [0.2, 0.25) is 10.0 Å². The van der Waals surface area contributed by atoms with Crippen molar-refractivity contribution in [1.82, 2.24) is 9.62 Å². The van der Waals surface area contributed by atoms with E-state index in [2.05, 4.69) is 16.6 Å². The van der Waals surface area contributed by atoms with E-state index in [-0.39, 0.29) is 24.2 Å². The molecule has 1 heterocycles. The summed E-state index contributed by atoms with van der Waals surface area (Å²) in [6, 6.07) is 10.0. The highest BCUT2D eigenvalue weighted by atomic mass is 35.5. The van der Waals surface area contributed by atoms with Gasteiger partial charge in [-0.25, -0.2) is 13.1 Å². The number of hydrogen-bond acceptors (Lipinski definition) is 5. The fourth-order valence-corrected chi connectivity index (χ4v) is 4.65. The molecule has 1 amide bonds. The van der Waals surface area contributed by atoms with Crippen LogP contribution in [0.1, 0.15) is 12.8 Å². The van der Waals surface area contributed by atoms with E-state index < -0.39 is 10.0 Å². The summed E-state index contributed by atoms with van der Waals surface area (Å²) in [7, 11) is -3.49. The Morgan fingerprint density at radius 1 is 1.23 bits per heavy atom. The molecule has 0 atom stereocenters. The van der Waals surface area contributed by atoms with Crippen LogP contribution in [-0.4, -0.2) is 50.0 Å². The maximum Gasteiger partial charge on any atom is 0.241 e. The van der Waals surface area contributed by atoms with Crippen molar-refractivity contribution in [3.05, 3.63) is 58.4 Å². The Kier molecular flexibility index (Phi) is 7.48. The molecule has 0 bridgehead atoms. The molecule has 3 rings (SSSR count). The number of piperidine rings is 1. The summed E-state index contributed by atoms with van der Waals surface area (Å²) in [5.41, 5.74) is 1.84. The number of rotatable bonds is 7. The number of nitrogens with one attached hydrogen (secondary N) is 2. The monoisotopic (exact) mass is 483 g/mol. The van der Waals surface area contributed by atoms with Crippen LogP contribution >= 0.6 is 23.2 Å². The molecule has 0 aliphatic carbocycles. The van der Waals surface area contributed by atoms with Gasteiger partial charge in [-0.1, -0.05) is 41.9 Å². The first kappa shape index (κ1) is 23.4. The molecule has 0 spiro atoms. The maximum absolute atomic E-state index is 12.6. The van der Waals surface area contributed by atoms with Gasteiger partial charge in [-0.2, -0.15) is 0 Å². The van der Waals surface area contributed by atoms with Crippen molar-refractivity contribution in [1.29, 1.82) is 0 Å². The normalized spacial score (nSPS) is 15.0. The SMILES string of the molecule is C=CS(=O)(=O)NC1CCN(C(=O)CNc2cc(-c3cccc(Cl)c3)c(Cl)cc2O)CC1. The second-order valence-corrected chi connectivity index (χ2v) is 9.70. The molecule has 1 aliphatic rings. The predicted octanol–water partition coefficient (Wildman–Crippen LogP) is 3.83. The van der Waals surface area contributed by atoms with Gasteiger partial charge in [-0.15, -0.1) is 0 Å². The van der Waals surface area contributed by atoms with Gasteiger partial charge in [-0.3, -0.25) is 4.79 Å². The Bertz CT molecular complexity index is 1080. The molecule has 1 aliphatic heterocycles. The van der Waals surface area contributed by atoms with E-state index in [1.807, 2.05) is 6.07 Å². The van der Waals surface area contributed by atoms with Gasteiger partial charge >= 0.3 is 0 Å². The van der Waals surface area contributed by atoms with Gasteiger partial charge in [0, 0.05) is 41.2 Å². The van der Waals surface area contributed by atoms with E-state index in [9.17, 15) is 18.3 Å². The Balaban J connectivity index is 1.62. The van der Waals surface area contributed by atoms with Gasteiger partial charge in [0.25, 0.3) is 0 Å². The van der Waals surface area contributed by atoms with Crippen molar-refractivity contribution in [2.24, 2.45) is 0 Å². The van der Waals surface area contributed by atoms with E-state index in [4.69, 9.17) is 23.2 Å². The van der Waals surface area contributed by atoms with Gasteiger partial charge < -0.3 is 15.3 Å². The number of carbonyl (C=O) groups excluding carboxylic acids is 1. The van der Waals surface area contributed by atoms with Crippen LogP contribution < -0.4 is 10.0 Å². The number of amides is 1. The first-order chi connectivity index (χ1) is 14.7. The lowest BCUT2D eigenvalue weighted by molar-refractivity contribution is -0.130. The molecular formula is C21H23Cl2N3O4S. The van der Waals surface area contributed by atoms with E-state index >= 15 is 0 Å². The number of sulfonamides is 1. The topological polar surface area (TPSA) is 98.7 Å². The molecule has 10 heteroatoms. The van der Waals surface area contributed by atoms with Crippen LogP contribution in [0.4, 0.5) is 5.69 Å². The minimum atomic E-state index is -3.49. The average molecular weight is 484 g/mol. The van der Waals surface area contributed by atoms with Crippen LogP contribution in [0.3, 0.4) is 0 Å². The average Bonchev–Trinajstić information content (AvgIpc) is 2.73. The highest BCUT2D eigenvalue weighted by Gasteiger charge is 2.25. The van der Waals surface area contributed by atoms with Crippen LogP contribution in [-0.2, 0) is 14.8 Å². The predicted molar refractivity (Wildman–Crippen MR) is 124 cm³/mol. The van der Waals surface area contributed by atoms with Crippen LogP contribution in [0.5, 0.6) is 5.75 Å². The number of benzene rings is 2. The Labute approximate surface area is 191 Å². The van der Waals surface area contributed by atoms with Gasteiger partial charge in [0.2, 0.25) is 15.9 Å². The molecule has 166 valence electrons. The molecule has 0 unspecified atom stereocenters. The number of phenolic OH excluding ortho intramolecular Hbond substituents is 1. The Hall–Kier alpha value is -2.26. The third-order valence-corrected chi connectivity index (χ3v) is 6.70. The first-order valence-electron chi connectivity index (χ1n) is 9.63. The summed E-state index contributed by atoms with van der Waals surface area (Å²) in [4.78, 5) is 14.2. The molecule has 0 aromatic heterocycles. The minimum Gasteiger partial charge on any atom is -0.506 e. The zero-order valence-corrected chi connectivity index (χ0v) is 19.0. The molecule has 0 radical (unpaired) electrons.